The van der Waals surface area contributed by atoms with Gasteiger partial charge in [0.15, 0.2) is 5.13 Å². The van der Waals surface area contributed by atoms with Crippen molar-refractivity contribution >= 4 is 16.5 Å². The van der Waals surface area contributed by atoms with E-state index in [-0.39, 0.29) is 0 Å². The molecule has 4 heteroatoms. The van der Waals surface area contributed by atoms with Crippen LogP contribution in [0.3, 0.4) is 0 Å². The molecular weight excluding hydrogens is 278 g/mol. The van der Waals surface area contributed by atoms with Crippen LogP contribution in [0, 0.1) is 20.8 Å². The Labute approximate surface area is 131 Å². The Bertz CT molecular complexity index is 612. The van der Waals surface area contributed by atoms with Gasteiger partial charge in [-0.2, -0.15) is 0 Å². The Morgan fingerprint density at radius 3 is 2.52 bits per heavy atom. The van der Waals surface area contributed by atoms with Gasteiger partial charge in [-0.25, -0.2) is 4.98 Å². The molecule has 3 rings (SSSR count). The summed E-state index contributed by atoms with van der Waals surface area (Å²) in [4.78, 5) is 9.56. The molecule has 1 saturated heterocycles. The molecule has 21 heavy (non-hydrogen) atoms. The summed E-state index contributed by atoms with van der Waals surface area (Å²) in [5.74, 6) is 0. The molecule has 112 valence electrons. The van der Waals surface area contributed by atoms with Crippen molar-refractivity contribution < 1.29 is 0 Å². The van der Waals surface area contributed by atoms with Gasteiger partial charge >= 0.3 is 0 Å². The van der Waals surface area contributed by atoms with Crippen molar-refractivity contribution in [1.29, 1.82) is 0 Å². The average molecular weight is 301 g/mol. The van der Waals surface area contributed by atoms with E-state index in [0.717, 1.165) is 38.4 Å². The standard InChI is InChI=1S/C17H23N3S/c1-13-4-5-14(2)16(10-13)11-19-6-8-20(9-7-19)17-18-15(3)12-21-17/h4-5,10,12H,6-9,11H2,1-3H3. The molecular formula is C17H23N3S. The molecule has 0 bridgehead atoms. The lowest BCUT2D eigenvalue weighted by atomic mass is 10.0. The van der Waals surface area contributed by atoms with Crippen molar-refractivity contribution in [3.8, 4) is 0 Å². The van der Waals surface area contributed by atoms with Gasteiger partial charge in [0, 0.05) is 38.1 Å². The van der Waals surface area contributed by atoms with Crippen LogP contribution in [0.15, 0.2) is 23.6 Å². The summed E-state index contributed by atoms with van der Waals surface area (Å²) >= 11 is 1.76. The number of anilines is 1. The largest absolute Gasteiger partial charge is 0.346 e. The maximum Gasteiger partial charge on any atom is 0.185 e. The topological polar surface area (TPSA) is 19.4 Å². The first kappa shape index (κ1) is 14.5. The summed E-state index contributed by atoms with van der Waals surface area (Å²) < 4.78 is 0. The van der Waals surface area contributed by atoms with Gasteiger partial charge in [-0.3, -0.25) is 4.90 Å². The summed E-state index contributed by atoms with van der Waals surface area (Å²) in [5, 5.41) is 3.32. The van der Waals surface area contributed by atoms with Gasteiger partial charge in [-0.05, 0) is 31.9 Å². The highest BCUT2D eigenvalue weighted by Crippen LogP contribution is 2.22. The number of hydrogen-bond acceptors (Lipinski definition) is 4. The normalized spacial score (nSPS) is 16.4. The van der Waals surface area contributed by atoms with E-state index in [9.17, 15) is 0 Å². The molecule has 0 saturated carbocycles. The van der Waals surface area contributed by atoms with Crippen LogP contribution in [0.5, 0.6) is 0 Å². The van der Waals surface area contributed by atoms with Crippen LogP contribution in [-0.4, -0.2) is 36.1 Å². The summed E-state index contributed by atoms with van der Waals surface area (Å²) in [5.41, 5.74) is 5.35. The Balaban J connectivity index is 1.60. The van der Waals surface area contributed by atoms with Crippen LogP contribution >= 0.6 is 11.3 Å². The number of aryl methyl sites for hydroxylation is 3. The molecule has 2 heterocycles. The molecule has 0 radical (unpaired) electrons. The molecule has 2 aromatic rings. The Hall–Kier alpha value is -1.39. The number of rotatable bonds is 3. The zero-order valence-corrected chi connectivity index (χ0v) is 13.9. The van der Waals surface area contributed by atoms with E-state index in [1.807, 2.05) is 0 Å². The van der Waals surface area contributed by atoms with Crippen molar-refractivity contribution in [2.24, 2.45) is 0 Å². The van der Waals surface area contributed by atoms with E-state index in [1.165, 1.54) is 21.8 Å². The van der Waals surface area contributed by atoms with Crippen molar-refractivity contribution in [2.45, 2.75) is 27.3 Å². The van der Waals surface area contributed by atoms with Crippen LogP contribution in [-0.2, 0) is 6.54 Å². The summed E-state index contributed by atoms with van der Waals surface area (Å²) in [6.07, 6.45) is 0. The van der Waals surface area contributed by atoms with E-state index in [0.29, 0.717) is 0 Å². The maximum atomic E-state index is 4.60. The summed E-state index contributed by atoms with van der Waals surface area (Å²) in [7, 11) is 0. The Morgan fingerprint density at radius 2 is 1.86 bits per heavy atom. The molecule has 0 aliphatic carbocycles. The van der Waals surface area contributed by atoms with Gasteiger partial charge in [0.1, 0.15) is 0 Å². The number of hydrogen-bond donors (Lipinski definition) is 0. The average Bonchev–Trinajstić information content (AvgIpc) is 2.90. The second kappa shape index (κ2) is 6.16. The van der Waals surface area contributed by atoms with Crippen LogP contribution in [0.25, 0.3) is 0 Å². The molecule has 1 aliphatic rings. The van der Waals surface area contributed by atoms with E-state index in [4.69, 9.17) is 0 Å². The molecule has 0 N–H and O–H groups in total. The minimum Gasteiger partial charge on any atom is -0.346 e. The number of benzene rings is 1. The van der Waals surface area contributed by atoms with Crippen molar-refractivity contribution in [1.82, 2.24) is 9.88 Å². The van der Waals surface area contributed by atoms with Gasteiger partial charge in [0.25, 0.3) is 0 Å². The van der Waals surface area contributed by atoms with Crippen molar-refractivity contribution in [2.75, 3.05) is 31.1 Å². The van der Waals surface area contributed by atoms with Crippen LogP contribution in [0.1, 0.15) is 22.4 Å². The first-order valence-corrected chi connectivity index (χ1v) is 8.45. The first-order chi connectivity index (χ1) is 10.1. The fourth-order valence-electron chi connectivity index (χ4n) is 2.80. The fourth-order valence-corrected chi connectivity index (χ4v) is 3.65. The lowest BCUT2D eigenvalue weighted by molar-refractivity contribution is 0.249. The SMILES string of the molecule is Cc1ccc(C)c(CN2CCN(c3nc(C)cs3)CC2)c1. The minimum absolute atomic E-state index is 1.07. The second-order valence-electron chi connectivity index (χ2n) is 5.96. The summed E-state index contributed by atoms with van der Waals surface area (Å²) in [6.45, 7) is 11.9. The van der Waals surface area contributed by atoms with Gasteiger partial charge in [0.2, 0.25) is 0 Å². The highest BCUT2D eigenvalue weighted by Gasteiger charge is 2.19. The molecule has 3 nitrogen and oxygen atoms in total. The molecule has 1 aromatic heterocycles. The molecule has 1 fully saturated rings. The predicted octanol–water partition coefficient (Wildman–Crippen LogP) is 3.39. The smallest absolute Gasteiger partial charge is 0.185 e. The number of piperazine rings is 1. The highest BCUT2D eigenvalue weighted by atomic mass is 32.1. The van der Waals surface area contributed by atoms with E-state index < -0.39 is 0 Å². The monoisotopic (exact) mass is 301 g/mol. The number of nitrogens with zero attached hydrogens (tertiary/aromatic N) is 3. The minimum atomic E-state index is 1.07. The van der Waals surface area contributed by atoms with Crippen molar-refractivity contribution in [3.63, 3.8) is 0 Å². The highest BCUT2D eigenvalue weighted by molar-refractivity contribution is 7.13. The predicted molar refractivity (Wildman–Crippen MR) is 90.3 cm³/mol. The maximum absolute atomic E-state index is 4.60. The third-order valence-electron chi connectivity index (χ3n) is 4.15. The lowest BCUT2D eigenvalue weighted by Gasteiger charge is -2.34. The van der Waals surface area contributed by atoms with E-state index >= 15 is 0 Å². The molecule has 1 aromatic carbocycles. The molecule has 0 spiro atoms. The molecule has 0 atom stereocenters. The Kier molecular flexibility index (Phi) is 4.27. The van der Waals surface area contributed by atoms with Crippen LogP contribution in [0.2, 0.25) is 0 Å². The van der Waals surface area contributed by atoms with Gasteiger partial charge in [-0.1, -0.05) is 23.8 Å². The van der Waals surface area contributed by atoms with Crippen LogP contribution < -0.4 is 4.90 Å². The van der Waals surface area contributed by atoms with Crippen molar-refractivity contribution in [3.05, 3.63) is 46.0 Å². The zero-order valence-electron chi connectivity index (χ0n) is 13.1. The van der Waals surface area contributed by atoms with Gasteiger partial charge in [0.05, 0.1) is 5.69 Å². The first-order valence-electron chi connectivity index (χ1n) is 7.57. The number of thiazole rings is 1. The van der Waals surface area contributed by atoms with E-state index in [1.54, 1.807) is 11.3 Å². The molecule has 0 unspecified atom stereocenters. The summed E-state index contributed by atoms with van der Waals surface area (Å²) in [6, 6.07) is 6.76. The van der Waals surface area contributed by atoms with Crippen LogP contribution in [0.4, 0.5) is 5.13 Å². The number of aromatic nitrogens is 1. The third-order valence-corrected chi connectivity index (χ3v) is 5.17. The zero-order chi connectivity index (χ0) is 14.8. The quantitative estimate of drug-likeness (QED) is 0.866. The van der Waals surface area contributed by atoms with Gasteiger partial charge in [-0.15, -0.1) is 11.3 Å². The van der Waals surface area contributed by atoms with Gasteiger partial charge < -0.3 is 4.90 Å². The Morgan fingerprint density at radius 1 is 1.10 bits per heavy atom. The second-order valence-corrected chi connectivity index (χ2v) is 6.80. The third kappa shape index (κ3) is 3.44. The fraction of sp³-hybridized carbons (Fsp3) is 0.471. The lowest BCUT2D eigenvalue weighted by Crippen LogP contribution is -2.46. The molecule has 0 amide bonds. The van der Waals surface area contributed by atoms with E-state index in [2.05, 4.69) is 59.1 Å². The molecule has 1 aliphatic heterocycles.